The molecule has 2 N–H and O–H groups in total. The number of rotatable bonds is 8. The Bertz CT molecular complexity index is 1310. The van der Waals surface area contributed by atoms with Crippen molar-refractivity contribution in [2.75, 3.05) is 50.4 Å². The number of hydrogen-bond donors (Lipinski definition) is 2. The van der Waals surface area contributed by atoms with Gasteiger partial charge in [-0.15, -0.1) is 4.52 Å². The summed E-state index contributed by atoms with van der Waals surface area (Å²) in [5, 5.41) is 21.2. The van der Waals surface area contributed by atoms with Crippen molar-refractivity contribution in [2.24, 2.45) is 0 Å². The van der Waals surface area contributed by atoms with Crippen molar-refractivity contribution >= 4 is 40.5 Å². The molecule has 2 fully saturated rings. The molecule has 2 aliphatic rings. The first-order chi connectivity index (χ1) is 17.0. The number of aromatic nitrogens is 4. The maximum Gasteiger partial charge on any atom is 0.275 e. The molecule has 1 saturated carbocycles. The average Bonchev–Trinajstić information content (AvgIpc) is 3.58. The Kier molecular flexibility index (Phi) is 6.69. The van der Waals surface area contributed by atoms with Gasteiger partial charge in [0.1, 0.15) is 0 Å². The van der Waals surface area contributed by atoms with Crippen LogP contribution >= 0.6 is 11.6 Å². The molecule has 10 nitrogen and oxygen atoms in total. The Morgan fingerprint density at radius 1 is 1.26 bits per heavy atom. The molecule has 1 aromatic carbocycles. The second kappa shape index (κ2) is 10.0. The molecule has 2 aromatic heterocycles. The summed E-state index contributed by atoms with van der Waals surface area (Å²) in [5.41, 5.74) is 2.52. The van der Waals surface area contributed by atoms with Crippen LogP contribution in [0, 0.1) is 17.9 Å². The number of aryl methyl sites for hydroxylation is 1. The van der Waals surface area contributed by atoms with Crippen LogP contribution in [-0.4, -0.2) is 75.2 Å². The number of likely N-dealkylation sites (N-methyl/N-ethyl adjacent to an activating group) is 1. The number of piperazine rings is 1. The minimum absolute atomic E-state index is 0.281. The Labute approximate surface area is 209 Å². The van der Waals surface area contributed by atoms with Gasteiger partial charge < -0.3 is 25.3 Å². The van der Waals surface area contributed by atoms with Gasteiger partial charge in [0.05, 0.1) is 28.5 Å². The van der Waals surface area contributed by atoms with E-state index >= 15 is 0 Å². The molecule has 0 bridgehead atoms. The third-order valence-electron chi connectivity index (χ3n) is 6.42. The number of nitrogens with zero attached hydrogens (tertiary/aromatic N) is 8. The topological polar surface area (TPSA) is 102 Å². The van der Waals surface area contributed by atoms with E-state index in [4.69, 9.17) is 18.2 Å². The predicted molar refractivity (Wildman–Crippen MR) is 135 cm³/mol. The smallest absolute Gasteiger partial charge is 0.275 e. The van der Waals surface area contributed by atoms with Crippen LogP contribution in [-0.2, 0) is 6.42 Å². The minimum Gasteiger partial charge on any atom is -0.362 e. The van der Waals surface area contributed by atoms with E-state index < -0.39 is 0 Å². The average molecular weight is 491 g/mol. The lowest BCUT2D eigenvalue weighted by Crippen LogP contribution is -2.44. The quantitative estimate of drug-likeness (QED) is 0.461. The number of halogens is 1. The van der Waals surface area contributed by atoms with Crippen LogP contribution < -0.4 is 10.6 Å². The number of anilines is 3. The van der Waals surface area contributed by atoms with Crippen LogP contribution in [0.15, 0.2) is 18.3 Å². The summed E-state index contributed by atoms with van der Waals surface area (Å²) in [7, 11) is 2.15. The summed E-state index contributed by atoms with van der Waals surface area (Å²) in [5.74, 6) is 1.15. The summed E-state index contributed by atoms with van der Waals surface area (Å²) >= 11 is 6.79. The molecule has 0 radical (unpaired) electrons. The van der Waals surface area contributed by atoms with Crippen molar-refractivity contribution in [3.63, 3.8) is 0 Å². The van der Waals surface area contributed by atoms with Gasteiger partial charge in [0.15, 0.2) is 5.82 Å². The van der Waals surface area contributed by atoms with Gasteiger partial charge in [-0.2, -0.15) is 10.2 Å². The van der Waals surface area contributed by atoms with E-state index in [2.05, 4.69) is 53.5 Å². The lowest BCUT2D eigenvalue weighted by atomic mass is 10.0. The second-order valence-electron chi connectivity index (χ2n) is 9.15. The highest BCUT2D eigenvalue weighted by Crippen LogP contribution is 2.32. The van der Waals surface area contributed by atoms with E-state index in [1.807, 2.05) is 6.07 Å². The fraction of sp³-hybridized carbons (Fsp3) is 0.458. The van der Waals surface area contributed by atoms with Crippen LogP contribution in [0.4, 0.5) is 23.3 Å². The molecule has 0 atom stereocenters. The highest BCUT2D eigenvalue weighted by Gasteiger charge is 2.25. The monoisotopic (exact) mass is 490 g/mol. The summed E-state index contributed by atoms with van der Waals surface area (Å²) in [6.45, 7) is 12.8. The first-order valence-corrected chi connectivity index (χ1v) is 12.2. The molecular formula is C24H27ClN10. The zero-order chi connectivity index (χ0) is 24.4. The number of hydrogen-bond acceptors (Lipinski definition) is 8. The fourth-order valence-electron chi connectivity index (χ4n) is 4.22. The van der Waals surface area contributed by atoms with Crippen LogP contribution in [0.3, 0.4) is 0 Å². The summed E-state index contributed by atoms with van der Waals surface area (Å²) < 4.78 is 1.48. The number of fused-ring (bicyclic) bond motifs is 1. The molecular weight excluding hydrogens is 464 g/mol. The largest absolute Gasteiger partial charge is 0.362 e. The number of imidazole rings is 1. The molecule has 1 aliphatic heterocycles. The summed E-state index contributed by atoms with van der Waals surface area (Å²) in [6.07, 6.45) is 5.36. The van der Waals surface area contributed by atoms with Crippen LogP contribution in [0.25, 0.3) is 10.5 Å². The van der Waals surface area contributed by atoms with Gasteiger partial charge in [0.2, 0.25) is 0 Å². The lowest BCUT2D eigenvalue weighted by molar-refractivity contribution is 0.153. The Morgan fingerprint density at radius 3 is 2.77 bits per heavy atom. The third-order valence-corrected chi connectivity index (χ3v) is 6.86. The molecule has 11 heteroatoms. The van der Waals surface area contributed by atoms with Crippen molar-refractivity contribution in [3.8, 4) is 6.07 Å². The van der Waals surface area contributed by atoms with Gasteiger partial charge >= 0.3 is 0 Å². The van der Waals surface area contributed by atoms with Crippen LogP contribution in [0.1, 0.15) is 30.4 Å². The maximum atomic E-state index is 9.61. The summed E-state index contributed by atoms with van der Waals surface area (Å²) in [6, 6.07) is 6.15. The zero-order valence-electron chi connectivity index (χ0n) is 19.6. The van der Waals surface area contributed by atoms with Gasteiger partial charge in [-0.25, -0.2) is 4.98 Å². The molecule has 1 saturated heterocycles. The third kappa shape index (κ3) is 5.30. The van der Waals surface area contributed by atoms with Crippen LogP contribution in [0.5, 0.6) is 0 Å². The Hall–Kier alpha value is -3.44. The van der Waals surface area contributed by atoms with Crippen molar-refractivity contribution < 1.29 is 0 Å². The Morgan fingerprint density at radius 2 is 2.06 bits per heavy atom. The van der Waals surface area contributed by atoms with E-state index in [0.717, 1.165) is 64.0 Å². The first-order valence-electron chi connectivity index (χ1n) is 11.8. The van der Waals surface area contributed by atoms with Gasteiger partial charge in [-0.3, -0.25) is 0 Å². The lowest BCUT2D eigenvalue weighted by Gasteiger charge is -2.32. The van der Waals surface area contributed by atoms with Gasteiger partial charge in [-0.1, -0.05) is 23.3 Å². The maximum absolute atomic E-state index is 9.61. The van der Waals surface area contributed by atoms with Gasteiger partial charge in [0.25, 0.3) is 17.4 Å². The van der Waals surface area contributed by atoms with Crippen molar-refractivity contribution in [1.82, 2.24) is 29.4 Å². The van der Waals surface area contributed by atoms with Crippen LogP contribution in [0.2, 0.25) is 5.02 Å². The molecule has 0 unspecified atom stereocenters. The van der Waals surface area contributed by atoms with E-state index in [1.165, 1.54) is 10.7 Å². The van der Waals surface area contributed by atoms with Crippen molar-refractivity contribution in [2.45, 2.75) is 31.7 Å². The zero-order valence-corrected chi connectivity index (χ0v) is 20.4. The SMILES string of the molecule is [C-]#[N+]c1cnc2c(NC3CC3)nc(Nc3cc(C#N)cc(CCCN4CCN(C)CC4)c3Cl)nn12. The van der Waals surface area contributed by atoms with E-state index in [9.17, 15) is 5.26 Å². The van der Waals surface area contributed by atoms with Gasteiger partial charge in [0, 0.05) is 32.2 Å². The molecule has 5 rings (SSSR count). The number of nitriles is 1. The molecule has 0 spiro atoms. The predicted octanol–water partition coefficient (Wildman–Crippen LogP) is 3.70. The molecule has 35 heavy (non-hydrogen) atoms. The van der Waals surface area contributed by atoms with E-state index in [0.29, 0.717) is 39.6 Å². The highest BCUT2D eigenvalue weighted by molar-refractivity contribution is 6.34. The van der Waals surface area contributed by atoms with Crippen molar-refractivity contribution in [3.05, 3.63) is 45.9 Å². The standard InChI is InChI=1S/C24H27ClN10/c1-27-20-15-28-23-22(29-18-5-6-18)31-24(32-35(20)23)30-19-13-16(14-26)12-17(21(19)25)4-3-7-34-10-8-33(2)9-11-34/h12-13,15,18H,3-11H2,2H3,(H2,29,30,31,32). The van der Waals surface area contributed by atoms with E-state index in [-0.39, 0.29) is 5.95 Å². The fourth-order valence-corrected chi connectivity index (χ4v) is 4.47. The molecule has 0 amide bonds. The number of nitrogens with one attached hydrogen (secondary N) is 2. The number of benzene rings is 1. The Balaban J connectivity index is 1.38. The summed E-state index contributed by atoms with van der Waals surface area (Å²) in [4.78, 5) is 17.2. The highest BCUT2D eigenvalue weighted by atomic mass is 35.5. The van der Waals surface area contributed by atoms with Gasteiger partial charge in [-0.05, 0) is 57.0 Å². The first kappa shape index (κ1) is 23.3. The minimum atomic E-state index is 0.281. The molecule has 1 aliphatic carbocycles. The normalized spacial score (nSPS) is 16.7. The van der Waals surface area contributed by atoms with E-state index in [1.54, 1.807) is 6.07 Å². The molecule has 180 valence electrons. The second-order valence-corrected chi connectivity index (χ2v) is 9.53. The molecule has 3 aromatic rings. The molecule has 3 heterocycles. The van der Waals surface area contributed by atoms with Crippen molar-refractivity contribution in [1.29, 1.82) is 5.26 Å².